The summed E-state index contributed by atoms with van der Waals surface area (Å²) in [5.41, 5.74) is 8.34. The first-order chi connectivity index (χ1) is 12.6. The van der Waals surface area contributed by atoms with Crippen LogP contribution < -0.4 is 15.8 Å². The first-order valence-electron chi connectivity index (χ1n) is 8.86. The monoisotopic (exact) mass is 352 g/mol. The summed E-state index contributed by atoms with van der Waals surface area (Å²) in [7, 11) is 0. The molecule has 1 atom stereocenters. The predicted molar refractivity (Wildman–Crippen MR) is 103 cm³/mol. The lowest BCUT2D eigenvalue weighted by Gasteiger charge is -2.12. The number of hydrogen-bond donors (Lipinski definition) is 2. The lowest BCUT2D eigenvalue weighted by atomic mass is 10.1. The molecule has 0 saturated heterocycles. The second kappa shape index (κ2) is 7.95. The summed E-state index contributed by atoms with van der Waals surface area (Å²) in [6, 6.07) is 15.1. The van der Waals surface area contributed by atoms with Crippen LogP contribution in [0.15, 0.2) is 52.9 Å². The van der Waals surface area contributed by atoms with Crippen molar-refractivity contribution in [2.75, 3.05) is 12.3 Å². The Bertz CT molecular complexity index is 901. The van der Waals surface area contributed by atoms with Crippen molar-refractivity contribution in [3.8, 4) is 5.75 Å². The average molecular weight is 352 g/mol. The first kappa shape index (κ1) is 17.9. The number of benzene rings is 2. The molecule has 0 saturated carbocycles. The van der Waals surface area contributed by atoms with Gasteiger partial charge in [-0.1, -0.05) is 30.3 Å². The number of para-hydroxylation sites is 2. The molecule has 2 aromatic carbocycles. The van der Waals surface area contributed by atoms with Gasteiger partial charge in [0, 0.05) is 17.5 Å². The SMILES string of the molecule is CCOc1cccc2cc(C(C)NC(=O)CCc3ccccc3N)oc12. The number of ether oxygens (including phenoxy) is 1. The van der Waals surface area contributed by atoms with E-state index in [4.69, 9.17) is 14.9 Å². The van der Waals surface area contributed by atoms with E-state index >= 15 is 0 Å². The van der Waals surface area contributed by atoms with E-state index in [1.807, 2.05) is 62.4 Å². The maximum absolute atomic E-state index is 12.3. The van der Waals surface area contributed by atoms with Gasteiger partial charge in [-0.15, -0.1) is 0 Å². The number of anilines is 1. The highest BCUT2D eigenvalue weighted by atomic mass is 16.5. The Labute approximate surface area is 153 Å². The highest BCUT2D eigenvalue weighted by Gasteiger charge is 2.16. The number of furan rings is 1. The minimum absolute atomic E-state index is 0.0359. The van der Waals surface area contributed by atoms with Crippen molar-refractivity contribution >= 4 is 22.6 Å². The van der Waals surface area contributed by atoms with Gasteiger partial charge >= 0.3 is 0 Å². The van der Waals surface area contributed by atoms with Crippen LogP contribution >= 0.6 is 0 Å². The maximum Gasteiger partial charge on any atom is 0.220 e. The van der Waals surface area contributed by atoms with Crippen LogP contribution in [-0.2, 0) is 11.2 Å². The predicted octanol–water partition coefficient (Wildman–Crippen LogP) is 4.22. The summed E-state index contributed by atoms with van der Waals surface area (Å²) in [4.78, 5) is 12.3. The molecule has 5 nitrogen and oxygen atoms in total. The third kappa shape index (κ3) is 3.99. The fourth-order valence-electron chi connectivity index (χ4n) is 2.93. The molecule has 1 heterocycles. The van der Waals surface area contributed by atoms with Gasteiger partial charge in [0.25, 0.3) is 0 Å². The van der Waals surface area contributed by atoms with E-state index in [0.29, 0.717) is 42.2 Å². The van der Waals surface area contributed by atoms with Gasteiger partial charge in [-0.2, -0.15) is 0 Å². The molecule has 0 fully saturated rings. The van der Waals surface area contributed by atoms with E-state index in [-0.39, 0.29) is 11.9 Å². The van der Waals surface area contributed by atoms with Gasteiger partial charge in [-0.3, -0.25) is 4.79 Å². The Morgan fingerprint density at radius 1 is 1.23 bits per heavy atom. The van der Waals surface area contributed by atoms with E-state index in [0.717, 1.165) is 10.9 Å². The van der Waals surface area contributed by atoms with Crippen LogP contribution in [0.1, 0.15) is 37.6 Å². The number of fused-ring (bicyclic) bond motifs is 1. The van der Waals surface area contributed by atoms with Crippen molar-refractivity contribution in [2.24, 2.45) is 0 Å². The zero-order valence-electron chi connectivity index (χ0n) is 15.1. The Morgan fingerprint density at radius 2 is 2.04 bits per heavy atom. The van der Waals surface area contributed by atoms with Crippen molar-refractivity contribution in [1.29, 1.82) is 0 Å². The van der Waals surface area contributed by atoms with Crippen molar-refractivity contribution in [1.82, 2.24) is 5.32 Å². The van der Waals surface area contributed by atoms with Gasteiger partial charge in [0.15, 0.2) is 11.3 Å². The lowest BCUT2D eigenvalue weighted by molar-refractivity contribution is -0.121. The molecule has 0 radical (unpaired) electrons. The fraction of sp³-hybridized carbons (Fsp3) is 0.286. The number of aryl methyl sites for hydroxylation is 1. The molecule has 3 N–H and O–H groups in total. The summed E-state index contributed by atoms with van der Waals surface area (Å²) in [6.45, 7) is 4.42. The molecule has 1 unspecified atom stereocenters. The number of amides is 1. The Morgan fingerprint density at radius 3 is 2.81 bits per heavy atom. The van der Waals surface area contributed by atoms with Crippen LogP contribution in [0, 0.1) is 0 Å². The molecule has 0 aliphatic heterocycles. The number of carbonyl (C=O) groups is 1. The summed E-state index contributed by atoms with van der Waals surface area (Å²) in [5.74, 6) is 1.39. The quantitative estimate of drug-likeness (QED) is 0.624. The zero-order valence-corrected chi connectivity index (χ0v) is 15.1. The number of rotatable bonds is 7. The minimum Gasteiger partial charge on any atom is -0.490 e. The third-order valence-electron chi connectivity index (χ3n) is 4.31. The molecule has 26 heavy (non-hydrogen) atoms. The summed E-state index contributed by atoms with van der Waals surface area (Å²) in [5, 5.41) is 3.95. The van der Waals surface area contributed by atoms with Crippen molar-refractivity contribution in [3.05, 3.63) is 59.9 Å². The summed E-state index contributed by atoms with van der Waals surface area (Å²) < 4.78 is 11.5. The largest absolute Gasteiger partial charge is 0.490 e. The number of nitrogens with one attached hydrogen (secondary N) is 1. The van der Waals surface area contributed by atoms with Gasteiger partial charge in [0.2, 0.25) is 5.91 Å². The van der Waals surface area contributed by atoms with E-state index in [9.17, 15) is 4.79 Å². The molecule has 1 amide bonds. The molecule has 5 heteroatoms. The smallest absolute Gasteiger partial charge is 0.220 e. The molecule has 0 spiro atoms. The molecule has 1 aromatic heterocycles. The summed E-state index contributed by atoms with van der Waals surface area (Å²) in [6.07, 6.45) is 0.989. The molecule has 0 aliphatic rings. The Kier molecular flexibility index (Phi) is 5.46. The van der Waals surface area contributed by atoms with Crippen molar-refractivity contribution in [2.45, 2.75) is 32.7 Å². The highest BCUT2D eigenvalue weighted by molar-refractivity contribution is 5.84. The molecular weight excluding hydrogens is 328 g/mol. The normalized spacial score (nSPS) is 12.1. The molecule has 0 aliphatic carbocycles. The van der Waals surface area contributed by atoms with Crippen LogP contribution in [-0.4, -0.2) is 12.5 Å². The molecule has 136 valence electrons. The van der Waals surface area contributed by atoms with Gasteiger partial charge in [-0.25, -0.2) is 0 Å². The maximum atomic E-state index is 12.3. The van der Waals surface area contributed by atoms with Gasteiger partial charge in [-0.05, 0) is 44.0 Å². The van der Waals surface area contributed by atoms with Crippen LogP contribution in [0.4, 0.5) is 5.69 Å². The van der Waals surface area contributed by atoms with E-state index in [1.54, 1.807) is 0 Å². The number of nitrogens with two attached hydrogens (primary N) is 1. The number of carbonyl (C=O) groups excluding carboxylic acids is 1. The van der Waals surface area contributed by atoms with E-state index in [2.05, 4.69) is 5.32 Å². The van der Waals surface area contributed by atoms with Crippen LogP contribution in [0.2, 0.25) is 0 Å². The fourth-order valence-corrected chi connectivity index (χ4v) is 2.93. The molecule has 3 aromatic rings. The first-order valence-corrected chi connectivity index (χ1v) is 8.86. The number of nitrogen functional groups attached to an aromatic ring is 1. The third-order valence-corrected chi connectivity index (χ3v) is 4.31. The van der Waals surface area contributed by atoms with E-state index in [1.165, 1.54) is 0 Å². The Balaban J connectivity index is 1.65. The second-order valence-electron chi connectivity index (χ2n) is 6.24. The number of hydrogen-bond acceptors (Lipinski definition) is 4. The molecule has 3 rings (SSSR count). The minimum atomic E-state index is -0.225. The van der Waals surface area contributed by atoms with E-state index < -0.39 is 0 Å². The topological polar surface area (TPSA) is 77.5 Å². The summed E-state index contributed by atoms with van der Waals surface area (Å²) >= 11 is 0. The molecule has 0 bridgehead atoms. The second-order valence-corrected chi connectivity index (χ2v) is 6.24. The average Bonchev–Trinajstić information content (AvgIpc) is 3.07. The van der Waals surface area contributed by atoms with Crippen molar-refractivity contribution in [3.63, 3.8) is 0 Å². The van der Waals surface area contributed by atoms with Gasteiger partial charge < -0.3 is 20.2 Å². The van der Waals surface area contributed by atoms with Crippen LogP contribution in [0.5, 0.6) is 5.75 Å². The highest BCUT2D eigenvalue weighted by Crippen LogP contribution is 2.31. The standard InChI is InChI=1S/C21H24N2O3/c1-3-25-18-10-6-8-16-13-19(26-21(16)18)14(2)23-20(24)12-11-15-7-4-5-9-17(15)22/h4-10,13-14H,3,11-12,22H2,1-2H3,(H,23,24). The van der Waals surface area contributed by atoms with Crippen molar-refractivity contribution < 1.29 is 13.9 Å². The Hall–Kier alpha value is -2.95. The van der Waals surface area contributed by atoms with Gasteiger partial charge in [0.05, 0.1) is 12.6 Å². The zero-order chi connectivity index (χ0) is 18.5. The van der Waals surface area contributed by atoms with Crippen LogP contribution in [0.3, 0.4) is 0 Å². The lowest BCUT2D eigenvalue weighted by Crippen LogP contribution is -2.26. The van der Waals surface area contributed by atoms with Gasteiger partial charge in [0.1, 0.15) is 5.76 Å². The van der Waals surface area contributed by atoms with Crippen LogP contribution in [0.25, 0.3) is 11.0 Å². The molecular formula is C21H24N2O3.